The van der Waals surface area contributed by atoms with Crippen LogP contribution in [0.4, 0.5) is 5.82 Å². The van der Waals surface area contributed by atoms with Gasteiger partial charge in [0.15, 0.2) is 0 Å². The van der Waals surface area contributed by atoms with Gasteiger partial charge in [-0.3, -0.25) is 0 Å². The Balaban J connectivity index is 3.19. The van der Waals surface area contributed by atoms with E-state index in [0.29, 0.717) is 24.6 Å². The molecule has 106 valence electrons. The zero-order valence-corrected chi connectivity index (χ0v) is 11.2. The fourth-order valence-electron chi connectivity index (χ4n) is 1.70. The van der Waals surface area contributed by atoms with E-state index < -0.39 is 5.97 Å². The average molecular weight is 268 g/mol. The maximum atomic E-state index is 11.1. The molecule has 1 aromatic rings. The fourth-order valence-corrected chi connectivity index (χ4v) is 1.70. The van der Waals surface area contributed by atoms with E-state index in [0.717, 1.165) is 0 Å². The van der Waals surface area contributed by atoms with Gasteiger partial charge in [0.25, 0.3) is 0 Å². The first kappa shape index (κ1) is 15.4. The molecule has 0 bridgehead atoms. The highest BCUT2D eigenvalue weighted by atomic mass is 16.4. The van der Waals surface area contributed by atoms with E-state index in [1.165, 1.54) is 6.07 Å². The van der Waals surface area contributed by atoms with E-state index in [9.17, 15) is 4.79 Å². The van der Waals surface area contributed by atoms with Crippen LogP contribution in [0, 0.1) is 0 Å². The Bertz CT molecular complexity index is 429. The van der Waals surface area contributed by atoms with Crippen molar-refractivity contribution < 1.29 is 20.1 Å². The Morgan fingerprint density at radius 1 is 1.26 bits per heavy atom. The van der Waals surface area contributed by atoms with E-state index in [1.807, 2.05) is 13.8 Å². The smallest absolute Gasteiger partial charge is 0.335 e. The number of nitrogens with zero attached hydrogens (tertiary/aromatic N) is 2. The summed E-state index contributed by atoms with van der Waals surface area (Å²) in [5.41, 5.74) is 0.838. The average Bonchev–Trinajstić information content (AvgIpc) is 2.37. The number of carbonyl (C=O) groups is 1. The lowest BCUT2D eigenvalue weighted by atomic mass is 10.1. The van der Waals surface area contributed by atoms with E-state index in [4.69, 9.17) is 15.3 Å². The molecule has 3 N–H and O–H groups in total. The van der Waals surface area contributed by atoms with E-state index >= 15 is 0 Å². The molecule has 0 amide bonds. The van der Waals surface area contributed by atoms with Gasteiger partial charge in [-0.2, -0.15) is 0 Å². The molecule has 1 aromatic heterocycles. The van der Waals surface area contributed by atoms with Gasteiger partial charge in [0, 0.05) is 18.8 Å². The summed E-state index contributed by atoms with van der Waals surface area (Å²) in [6.07, 6.45) is 0. The summed E-state index contributed by atoms with van der Waals surface area (Å²) in [6.45, 7) is 4.29. The Labute approximate surface area is 112 Å². The van der Waals surface area contributed by atoms with Crippen molar-refractivity contribution in [3.63, 3.8) is 0 Å². The Kier molecular flexibility index (Phi) is 5.72. The van der Waals surface area contributed by atoms with Crippen LogP contribution < -0.4 is 4.90 Å². The first-order valence-corrected chi connectivity index (χ1v) is 6.21. The second-order valence-electron chi connectivity index (χ2n) is 4.53. The lowest BCUT2D eigenvalue weighted by Gasteiger charge is -2.23. The summed E-state index contributed by atoms with van der Waals surface area (Å²) >= 11 is 0. The molecule has 1 heterocycles. The highest BCUT2D eigenvalue weighted by Gasteiger charge is 2.14. The summed E-state index contributed by atoms with van der Waals surface area (Å²) in [7, 11) is 0. The molecule has 0 radical (unpaired) electrons. The van der Waals surface area contributed by atoms with Crippen molar-refractivity contribution in [2.45, 2.75) is 19.8 Å². The summed E-state index contributed by atoms with van der Waals surface area (Å²) in [6, 6.07) is 3.01. The van der Waals surface area contributed by atoms with Crippen LogP contribution in [0.3, 0.4) is 0 Å². The molecular weight excluding hydrogens is 248 g/mol. The van der Waals surface area contributed by atoms with Gasteiger partial charge in [0.2, 0.25) is 0 Å². The number of hydrogen-bond donors (Lipinski definition) is 3. The molecule has 6 nitrogen and oxygen atoms in total. The number of hydrogen-bond acceptors (Lipinski definition) is 5. The number of rotatable bonds is 7. The number of carboxylic acid groups (broad SMARTS) is 1. The Hall–Kier alpha value is -1.66. The van der Waals surface area contributed by atoms with Gasteiger partial charge in [0.1, 0.15) is 5.82 Å². The monoisotopic (exact) mass is 268 g/mol. The van der Waals surface area contributed by atoms with Crippen molar-refractivity contribution in [2.75, 3.05) is 31.2 Å². The van der Waals surface area contributed by atoms with Gasteiger partial charge in [-0.1, -0.05) is 13.8 Å². The number of aromatic nitrogens is 1. The number of pyridine rings is 1. The molecule has 0 aliphatic carbocycles. The third-order valence-electron chi connectivity index (χ3n) is 2.73. The largest absolute Gasteiger partial charge is 0.478 e. The molecule has 0 saturated carbocycles. The number of aromatic carboxylic acids is 1. The molecule has 0 saturated heterocycles. The minimum absolute atomic E-state index is 0.0873. The Morgan fingerprint density at radius 3 is 2.26 bits per heavy atom. The van der Waals surface area contributed by atoms with Gasteiger partial charge in [0.05, 0.1) is 18.8 Å². The maximum Gasteiger partial charge on any atom is 0.335 e. The molecule has 0 aliphatic heterocycles. The predicted octanol–water partition coefficient (Wildman–Crippen LogP) is 0.694. The number of aliphatic hydroxyl groups excluding tert-OH is 2. The minimum Gasteiger partial charge on any atom is -0.478 e. The topological polar surface area (TPSA) is 93.9 Å². The molecule has 6 heteroatoms. The molecule has 0 atom stereocenters. The van der Waals surface area contributed by atoms with Crippen molar-refractivity contribution in [3.05, 3.63) is 23.4 Å². The summed E-state index contributed by atoms with van der Waals surface area (Å²) < 4.78 is 0. The second-order valence-corrected chi connectivity index (χ2v) is 4.53. The molecule has 1 rings (SSSR count). The van der Waals surface area contributed by atoms with Crippen LogP contribution in [0.5, 0.6) is 0 Å². The molecule has 0 unspecified atom stereocenters. The molecule has 0 spiro atoms. The lowest BCUT2D eigenvalue weighted by Crippen LogP contribution is -2.31. The summed E-state index contributed by atoms with van der Waals surface area (Å²) in [4.78, 5) is 17.2. The zero-order chi connectivity index (χ0) is 14.4. The van der Waals surface area contributed by atoms with Crippen molar-refractivity contribution in [1.29, 1.82) is 0 Å². The Morgan fingerprint density at radius 2 is 1.84 bits per heavy atom. The van der Waals surface area contributed by atoms with Crippen LogP contribution in [-0.4, -0.2) is 52.6 Å². The van der Waals surface area contributed by atoms with Crippen LogP contribution in [0.25, 0.3) is 0 Å². The van der Waals surface area contributed by atoms with Crippen LogP contribution in [-0.2, 0) is 0 Å². The van der Waals surface area contributed by atoms with E-state index in [1.54, 1.807) is 11.0 Å². The van der Waals surface area contributed by atoms with Gasteiger partial charge in [-0.25, -0.2) is 9.78 Å². The van der Waals surface area contributed by atoms with Crippen LogP contribution in [0.1, 0.15) is 35.8 Å². The molecule has 0 fully saturated rings. The summed E-state index contributed by atoms with van der Waals surface area (Å²) in [5.74, 6) is -0.451. The van der Waals surface area contributed by atoms with Gasteiger partial charge >= 0.3 is 5.97 Å². The summed E-state index contributed by atoms with van der Waals surface area (Å²) in [5, 5.41) is 27.1. The molecular formula is C13H20N2O4. The molecule has 0 aliphatic rings. The van der Waals surface area contributed by atoms with Crippen LogP contribution in [0.2, 0.25) is 0 Å². The van der Waals surface area contributed by atoms with Gasteiger partial charge in [-0.05, 0) is 18.1 Å². The third kappa shape index (κ3) is 4.18. The first-order chi connectivity index (χ1) is 8.99. The van der Waals surface area contributed by atoms with E-state index in [2.05, 4.69) is 4.98 Å². The maximum absolute atomic E-state index is 11.1. The highest BCUT2D eigenvalue weighted by molar-refractivity contribution is 5.88. The van der Waals surface area contributed by atoms with Gasteiger partial charge < -0.3 is 20.2 Å². The zero-order valence-electron chi connectivity index (χ0n) is 11.2. The SMILES string of the molecule is CC(C)c1cc(C(=O)O)cc(N(CCO)CCO)n1. The van der Waals surface area contributed by atoms with Crippen molar-refractivity contribution in [1.82, 2.24) is 4.98 Å². The normalized spacial score (nSPS) is 10.8. The quantitative estimate of drug-likeness (QED) is 0.673. The molecule has 0 aromatic carbocycles. The standard InChI is InChI=1S/C13H20N2O4/c1-9(2)11-7-10(13(18)19)8-12(14-11)15(3-5-16)4-6-17/h7-9,16-17H,3-6H2,1-2H3,(H,18,19). The van der Waals surface area contributed by atoms with Crippen molar-refractivity contribution in [2.24, 2.45) is 0 Å². The number of aliphatic hydroxyl groups is 2. The van der Waals surface area contributed by atoms with Crippen molar-refractivity contribution >= 4 is 11.8 Å². The number of anilines is 1. The van der Waals surface area contributed by atoms with Crippen LogP contribution in [0.15, 0.2) is 12.1 Å². The predicted molar refractivity (Wildman–Crippen MR) is 71.7 cm³/mol. The van der Waals surface area contributed by atoms with Gasteiger partial charge in [-0.15, -0.1) is 0 Å². The minimum atomic E-state index is -1.02. The lowest BCUT2D eigenvalue weighted by molar-refractivity contribution is 0.0696. The molecule has 19 heavy (non-hydrogen) atoms. The first-order valence-electron chi connectivity index (χ1n) is 6.21. The fraction of sp³-hybridized carbons (Fsp3) is 0.538. The van der Waals surface area contributed by atoms with Crippen molar-refractivity contribution in [3.8, 4) is 0 Å². The third-order valence-corrected chi connectivity index (χ3v) is 2.73. The number of carboxylic acids is 1. The van der Waals surface area contributed by atoms with Crippen LogP contribution >= 0.6 is 0 Å². The second kappa shape index (κ2) is 7.06. The van der Waals surface area contributed by atoms with E-state index in [-0.39, 0.29) is 24.7 Å². The highest BCUT2D eigenvalue weighted by Crippen LogP contribution is 2.20.